The highest BCUT2D eigenvalue weighted by atomic mass is 16.5. The lowest BCUT2D eigenvalue weighted by Crippen LogP contribution is -2.31. The van der Waals surface area contributed by atoms with Gasteiger partial charge in [0.25, 0.3) is 0 Å². The van der Waals surface area contributed by atoms with Crippen molar-refractivity contribution in [3.63, 3.8) is 0 Å². The maximum atomic E-state index is 11.7. The molecule has 0 aliphatic rings. The second-order valence-corrected chi connectivity index (χ2v) is 4.87. The van der Waals surface area contributed by atoms with E-state index in [2.05, 4.69) is 5.32 Å². The lowest BCUT2D eigenvalue weighted by atomic mass is 10.0. The molecule has 0 heterocycles. The number of aliphatic carboxylic acids is 1. The first-order valence-electron chi connectivity index (χ1n) is 6.38. The number of hydrogen-bond acceptors (Lipinski definition) is 4. The fourth-order valence-electron chi connectivity index (χ4n) is 1.44. The Morgan fingerprint density at radius 1 is 1.30 bits per heavy atom. The van der Waals surface area contributed by atoms with Crippen molar-refractivity contribution in [2.75, 3.05) is 11.9 Å². The summed E-state index contributed by atoms with van der Waals surface area (Å²) in [7, 11) is 0. The molecule has 0 radical (unpaired) electrons. The minimum atomic E-state index is -1.04. The van der Waals surface area contributed by atoms with Crippen LogP contribution in [0.4, 0.5) is 5.69 Å². The predicted molar refractivity (Wildman–Crippen MR) is 75.6 cm³/mol. The van der Waals surface area contributed by atoms with Crippen LogP contribution in [-0.2, 0) is 9.59 Å². The lowest BCUT2D eigenvalue weighted by molar-refractivity contribution is -0.139. The molecule has 1 aromatic carbocycles. The summed E-state index contributed by atoms with van der Waals surface area (Å²) in [5.74, 6) is -0.507. The van der Waals surface area contributed by atoms with Crippen LogP contribution < -0.4 is 15.8 Å². The van der Waals surface area contributed by atoms with Crippen molar-refractivity contribution >= 4 is 17.6 Å². The molecule has 4 N–H and O–H groups in total. The molecular weight excluding hydrogens is 260 g/mol. The molecule has 0 saturated carbocycles. The highest BCUT2D eigenvalue weighted by Gasteiger charge is 2.13. The first-order valence-corrected chi connectivity index (χ1v) is 6.38. The third-order valence-electron chi connectivity index (χ3n) is 2.78. The highest BCUT2D eigenvalue weighted by Crippen LogP contribution is 2.16. The molecule has 0 aliphatic carbocycles. The molecular formula is C14H20N2O4. The van der Waals surface area contributed by atoms with Gasteiger partial charge in [-0.1, -0.05) is 13.8 Å². The van der Waals surface area contributed by atoms with Gasteiger partial charge in [-0.3, -0.25) is 4.79 Å². The number of hydrogen-bond donors (Lipinski definition) is 3. The molecule has 20 heavy (non-hydrogen) atoms. The molecule has 0 aliphatic heterocycles. The molecule has 6 heteroatoms. The molecule has 0 aromatic heterocycles. The number of nitrogens with two attached hydrogens (primary N) is 1. The molecule has 1 atom stereocenters. The van der Waals surface area contributed by atoms with E-state index < -0.39 is 12.6 Å². The largest absolute Gasteiger partial charge is 0.482 e. The van der Waals surface area contributed by atoms with E-state index in [-0.39, 0.29) is 24.3 Å². The maximum Gasteiger partial charge on any atom is 0.341 e. The smallest absolute Gasteiger partial charge is 0.341 e. The Morgan fingerprint density at radius 2 is 1.90 bits per heavy atom. The SMILES string of the molecule is CC(C)C(N)CC(=O)Nc1ccc(OCC(=O)O)cc1. The molecule has 1 unspecified atom stereocenters. The van der Waals surface area contributed by atoms with Crippen molar-refractivity contribution in [3.8, 4) is 5.75 Å². The average molecular weight is 280 g/mol. The first kappa shape index (κ1) is 16.0. The average Bonchev–Trinajstić information content (AvgIpc) is 2.37. The third kappa shape index (κ3) is 5.71. The van der Waals surface area contributed by atoms with E-state index in [1.165, 1.54) is 0 Å². The van der Waals surface area contributed by atoms with Gasteiger partial charge in [-0.2, -0.15) is 0 Å². The van der Waals surface area contributed by atoms with Crippen LogP contribution in [0.1, 0.15) is 20.3 Å². The second kappa shape index (κ2) is 7.49. The standard InChI is InChI=1S/C14H20N2O4/c1-9(2)12(15)7-13(17)16-10-3-5-11(6-4-10)20-8-14(18)19/h3-6,9,12H,7-8,15H2,1-2H3,(H,16,17)(H,18,19). The van der Waals surface area contributed by atoms with E-state index in [4.69, 9.17) is 15.6 Å². The van der Waals surface area contributed by atoms with Gasteiger partial charge >= 0.3 is 5.97 Å². The van der Waals surface area contributed by atoms with Crippen LogP contribution in [0.5, 0.6) is 5.75 Å². The normalized spacial score (nSPS) is 12.0. The Bertz CT molecular complexity index is 457. The Labute approximate surface area is 117 Å². The lowest BCUT2D eigenvalue weighted by Gasteiger charge is -2.15. The van der Waals surface area contributed by atoms with Gasteiger partial charge in [0.2, 0.25) is 5.91 Å². The van der Waals surface area contributed by atoms with Crippen LogP contribution >= 0.6 is 0 Å². The van der Waals surface area contributed by atoms with Crippen LogP contribution in [0.2, 0.25) is 0 Å². The van der Waals surface area contributed by atoms with Crippen LogP contribution in [-0.4, -0.2) is 29.6 Å². The molecule has 0 bridgehead atoms. The molecule has 1 amide bonds. The number of nitrogens with one attached hydrogen (secondary N) is 1. The molecule has 110 valence electrons. The minimum absolute atomic E-state index is 0.148. The van der Waals surface area contributed by atoms with Gasteiger partial charge in [0, 0.05) is 18.2 Å². The fourth-order valence-corrected chi connectivity index (χ4v) is 1.44. The topological polar surface area (TPSA) is 102 Å². The number of benzene rings is 1. The number of amides is 1. The molecule has 1 rings (SSSR count). The van der Waals surface area contributed by atoms with Crippen LogP contribution in [0.3, 0.4) is 0 Å². The number of carbonyl (C=O) groups is 2. The second-order valence-electron chi connectivity index (χ2n) is 4.87. The van der Waals surface area contributed by atoms with Gasteiger partial charge < -0.3 is 20.9 Å². The summed E-state index contributed by atoms with van der Waals surface area (Å²) in [6, 6.07) is 6.32. The van der Waals surface area contributed by atoms with Gasteiger partial charge in [0.15, 0.2) is 6.61 Å². The number of rotatable bonds is 7. The van der Waals surface area contributed by atoms with Crippen molar-refractivity contribution < 1.29 is 19.4 Å². The van der Waals surface area contributed by atoms with E-state index in [0.29, 0.717) is 11.4 Å². The molecule has 1 aromatic rings. The predicted octanol–water partition coefficient (Wildman–Crippen LogP) is 1.46. The van der Waals surface area contributed by atoms with E-state index in [1.54, 1.807) is 24.3 Å². The Balaban J connectivity index is 2.48. The summed E-state index contributed by atoms with van der Waals surface area (Å²) in [5, 5.41) is 11.2. The van der Waals surface area contributed by atoms with Crippen molar-refractivity contribution in [1.29, 1.82) is 0 Å². The van der Waals surface area contributed by atoms with Crippen molar-refractivity contribution in [1.82, 2.24) is 0 Å². The molecule has 0 spiro atoms. The summed E-state index contributed by atoms with van der Waals surface area (Å²) in [5.41, 5.74) is 6.45. The number of ether oxygens (including phenoxy) is 1. The quantitative estimate of drug-likeness (QED) is 0.702. The fraction of sp³-hybridized carbons (Fsp3) is 0.429. The minimum Gasteiger partial charge on any atom is -0.482 e. The van der Waals surface area contributed by atoms with Crippen molar-refractivity contribution in [2.24, 2.45) is 11.7 Å². The highest BCUT2D eigenvalue weighted by molar-refractivity contribution is 5.91. The summed E-state index contributed by atoms with van der Waals surface area (Å²) >= 11 is 0. The Hall–Kier alpha value is -2.08. The summed E-state index contributed by atoms with van der Waals surface area (Å²) in [4.78, 5) is 22.1. The van der Waals surface area contributed by atoms with Gasteiger partial charge in [-0.15, -0.1) is 0 Å². The van der Waals surface area contributed by atoms with E-state index in [0.717, 1.165) is 0 Å². The van der Waals surface area contributed by atoms with E-state index in [1.807, 2.05) is 13.8 Å². The maximum absolute atomic E-state index is 11.7. The van der Waals surface area contributed by atoms with Crippen LogP contribution in [0, 0.1) is 5.92 Å². The van der Waals surface area contributed by atoms with Crippen molar-refractivity contribution in [2.45, 2.75) is 26.3 Å². The van der Waals surface area contributed by atoms with Gasteiger partial charge in [-0.25, -0.2) is 4.79 Å². The Morgan fingerprint density at radius 3 is 2.40 bits per heavy atom. The van der Waals surface area contributed by atoms with Crippen LogP contribution in [0.25, 0.3) is 0 Å². The van der Waals surface area contributed by atoms with E-state index in [9.17, 15) is 9.59 Å². The molecule has 0 saturated heterocycles. The number of carboxylic acids is 1. The van der Waals surface area contributed by atoms with Crippen LogP contribution in [0.15, 0.2) is 24.3 Å². The van der Waals surface area contributed by atoms with E-state index >= 15 is 0 Å². The Kier molecular flexibility index (Phi) is 5.99. The first-order chi connectivity index (χ1) is 9.38. The molecule has 0 fully saturated rings. The summed E-state index contributed by atoms with van der Waals surface area (Å²) < 4.78 is 4.99. The zero-order valence-corrected chi connectivity index (χ0v) is 11.6. The van der Waals surface area contributed by atoms with Gasteiger partial charge in [0.1, 0.15) is 5.75 Å². The summed E-state index contributed by atoms with van der Waals surface area (Å²) in [6.45, 7) is 3.54. The summed E-state index contributed by atoms with van der Waals surface area (Å²) in [6.07, 6.45) is 0.259. The molecule has 6 nitrogen and oxygen atoms in total. The zero-order chi connectivity index (χ0) is 15.1. The number of carbonyl (C=O) groups excluding carboxylic acids is 1. The van der Waals surface area contributed by atoms with Gasteiger partial charge in [-0.05, 0) is 30.2 Å². The monoisotopic (exact) mass is 280 g/mol. The zero-order valence-electron chi connectivity index (χ0n) is 11.6. The number of carboxylic acid groups (broad SMARTS) is 1. The van der Waals surface area contributed by atoms with Gasteiger partial charge in [0.05, 0.1) is 0 Å². The third-order valence-corrected chi connectivity index (χ3v) is 2.78. The number of anilines is 1. The van der Waals surface area contributed by atoms with Crippen molar-refractivity contribution in [3.05, 3.63) is 24.3 Å².